The molecule has 24 heavy (non-hydrogen) atoms. The van der Waals surface area contributed by atoms with E-state index in [0.29, 0.717) is 5.92 Å². The van der Waals surface area contributed by atoms with Crippen LogP contribution in [0.3, 0.4) is 0 Å². The van der Waals surface area contributed by atoms with E-state index in [9.17, 15) is 4.79 Å². The van der Waals surface area contributed by atoms with E-state index in [1.54, 1.807) is 0 Å². The van der Waals surface area contributed by atoms with Gasteiger partial charge in [0.2, 0.25) is 0 Å². The molecule has 0 bridgehead atoms. The Hall–Kier alpha value is -2.75. The number of hydrogen-bond donors (Lipinski definition) is 2. The lowest BCUT2D eigenvalue weighted by atomic mass is 9.95. The fourth-order valence-electron chi connectivity index (χ4n) is 3.46. The van der Waals surface area contributed by atoms with Crippen molar-refractivity contribution in [2.45, 2.75) is 18.8 Å². The van der Waals surface area contributed by atoms with Gasteiger partial charge in [0.1, 0.15) is 0 Å². The summed E-state index contributed by atoms with van der Waals surface area (Å²) in [7, 11) is 0. The van der Waals surface area contributed by atoms with E-state index in [4.69, 9.17) is 0 Å². The number of benzene rings is 2. The Morgan fingerprint density at radius 1 is 1.08 bits per heavy atom. The summed E-state index contributed by atoms with van der Waals surface area (Å²) < 4.78 is 0. The monoisotopic (exact) mass is 319 g/mol. The molecule has 1 unspecified atom stereocenters. The maximum Gasteiger partial charge on any atom is 0.321 e. The van der Waals surface area contributed by atoms with Crippen molar-refractivity contribution in [3.05, 3.63) is 66.4 Å². The Bertz CT molecular complexity index is 807. The van der Waals surface area contributed by atoms with E-state index in [0.717, 1.165) is 31.6 Å². The van der Waals surface area contributed by atoms with Crippen LogP contribution in [0.5, 0.6) is 0 Å². The van der Waals surface area contributed by atoms with Crippen LogP contribution in [0.2, 0.25) is 0 Å². The number of likely N-dealkylation sites (tertiary alicyclic amines) is 1. The smallest absolute Gasteiger partial charge is 0.321 e. The molecular weight excluding hydrogens is 298 g/mol. The van der Waals surface area contributed by atoms with Crippen LogP contribution in [0.25, 0.3) is 10.9 Å². The summed E-state index contributed by atoms with van der Waals surface area (Å²) in [5.41, 5.74) is 3.24. The molecule has 2 heterocycles. The zero-order chi connectivity index (χ0) is 16.4. The highest BCUT2D eigenvalue weighted by atomic mass is 16.2. The van der Waals surface area contributed by atoms with E-state index < -0.39 is 0 Å². The van der Waals surface area contributed by atoms with Gasteiger partial charge in [-0.15, -0.1) is 0 Å². The van der Waals surface area contributed by atoms with E-state index in [1.807, 2.05) is 41.3 Å². The number of amides is 2. The zero-order valence-corrected chi connectivity index (χ0v) is 13.5. The molecule has 4 heteroatoms. The third-order valence-electron chi connectivity index (χ3n) is 4.72. The van der Waals surface area contributed by atoms with Gasteiger partial charge in [-0.25, -0.2) is 4.79 Å². The van der Waals surface area contributed by atoms with E-state index >= 15 is 0 Å². The lowest BCUT2D eigenvalue weighted by Gasteiger charge is -2.32. The van der Waals surface area contributed by atoms with Crippen LogP contribution in [-0.2, 0) is 0 Å². The minimum Gasteiger partial charge on any atom is -0.358 e. The summed E-state index contributed by atoms with van der Waals surface area (Å²) in [5.74, 6) is 0.368. The summed E-state index contributed by atoms with van der Waals surface area (Å²) in [6, 6.07) is 20.2. The highest BCUT2D eigenvalue weighted by molar-refractivity contribution is 5.89. The van der Waals surface area contributed by atoms with Crippen LogP contribution in [0.1, 0.15) is 24.5 Å². The fraction of sp³-hybridized carbons (Fsp3) is 0.250. The number of fused-ring (bicyclic) bond motifs is 1. The van der Waals surface area contributed by atoms with Crippen molar-refractivity contribution < 1.29 is 4.79 Å². The van der Waals surface area contributed by atoms with Gasteiger partial charge in [0.15, 0.2) is 0 Å². The average Bonchev–Trinajstić information content (AvgIpc) is 3.07. The van der Waals surface area contributed by atoms with Crippen LogP contribution in [0, 0.1) is 0 Å². The number of rotatable bonds is 2. The molecule has 4 rings (SSSR count). The molecule has 0 saturated carbocycles. The van der Waals surface area contributed by atoms with Gasteiger partial charge < -0.3 is 15.2 Å². The Kier molecular flexibility index (Phi) is 3.95. The molecule has 4 nitrogen and oxygen atoms in total. The molecule has 1 fully saturated rings. The van der Waals surface area contributed by atoms with Crippen molar-refractivity contribution in [1.82, 2.24) is 9.88 Å². The summed E-state index contributed by atoms with van der Waals surface area (Å²) in [5, 5.41) is 4.22. The van der Waals surface area contributed by atoms with E-state index in [1.165, 1.54) is 16.6 Å². The second-order valence-corrected chi connectivity index (χ2v) is 6.39. The molecule has 1 aliphatic rings. The van der Waals surface area contributed by atoms with Crippen molar-refractivity contribution in [3.8, 4) is 0 Å². The lowest BCUT2D eigenvalue weighted by Crippen LogP contribution is -2.41. The standard InChI is InChI=1S/C20H21N3O/c24-20(21-17-9-2-1-3-10-17)23-12-6-8-16(14-23)19-13-15-7-4-5-11-18(15)22-19/h1-5,7,9-11,13,16,22H,6,8,12,14H2,(H,21,24). The SMILES string of the molecule is O=C(Nc1ccccc1)N1CCCC(c2cc3ccccc3[nH]2)C1. The van der Waals surface area contributed by atoms with Crippen LogP contribution in [0.4, 0.5) is 10.5 Å². The first kappa shape index (κ1) is 14.8. The quantitative estimate of drug-likeness (QED) is 0.713. The van der Waals surface area contributed by atoms with Crippen LogP contribution >= 0.6 is 0 Å². The fourth-order valence-corrected chi connectivity index (χ4v) is 3.46. The van der Waals surface area contributed by atoms with Gasteiger partial charge in [0.05, 0.1) is 0 Å². The van der Waals surface area contributed by atoms with Crippen molar-refractivity contribution in [3.63, 3.8) is 0 Å². The summed E-state index contributed by atoms with van der Waals surface area (Å²) in [6.07, 6.45) is 2.14. The van der Waals surface area contributed by atoms with Crippen molar-refractivity contribution in [2.75, 3.05) is 18.4 Å². The molecular formula is C20H21N3O. The Balaban J connectivity index is 1.48. The number of para-hydroxylation sites is 2. The summed E-state index contributed by atoms with van der Waals surface area (Å²) >= 11 is 0. The molecule has 1 aliphatic heterocycles. The van der Waals surface area contributed by atoms with E-state index in [2.05, 4.69) is 34.6 Å². The molecule has 0 spiro atoms. The summed E-state index contributed by atoms with van der Waals surface area (Å²) in [6.45, 7) is 1.57. The zero-order valence-electron chi connectivity index (χ0n) is 13.5. The largest absolute Gasteiger partial charge is 0.358 e. The molecule has 2 amide bonds. The normalized spacial score (nSPS) is 17.8. The first-order valence-corrected chi connectivity index (χ1v) is 8.48. The van der Waals surface area contributed by atoms with Gasteiger partial charge in [0.25, 0.3) is 0 Å². The van der Waals surface area contributed by atoms with E-state index in [-0.39, 0.29) is 6.03 Å². The van der Waals surface area contributed by atoms with Gasteiger partial charge in [-0.1, -0.05) is 36.4 Å². The number of hydrogen-bond acceptors (Lipinski definition) is 1. The number of urea groups is 1. The molecule has 2 N–H and O–H groups in total. The maximum atomic E-state index is 12.5. The highest BCUT2D eigenvalue weighted by Gasteiger charge is 2.25. The minimum absolute atomic E-state index is 0.0120. The van der Waals surface area contributed by atoms with Crippen LogP contribution in [0.15, 0.2) is 60.7 Å². The third kappa shape index (κ3) is 3.00. The number of carbonyl (C=O) groups is 1. The molecule has 0 radical (unpaired) electrons. The number of piperidine rings is 1. The van der Waals surface area contributed by atoms with Gasteiger partial charge in [0, 0.05) is 35.9 Å². The average molecular weight is 319 g/mol. The third-order valence-corrected chi connectivity index (χ3v) is 4.72. The second-order valence-electron chi connectivity index (χ2n) is 6.39. The van der Waals surface area contributed by atoms with Crippen molar-refractivity contribution >= 4 is 22.6 Å². The molecule has 2 aromatic carbocycles. The highest BCUT2D eigenvalue weighted by Crippen LogP contribution is 2.29. The predicted octanol–water partition coefficient (Wildman–Crippen LogP) is 4.58. The number of aromatic nitrogens is 1. The Labute approximate surface area is 141 Å². The molecule has 1 saturated heterocycles. The Morgan fingerprint density at radius 3 is 2.71 bits per heavy atom. The van der Waals surface area contributed by atoms with Crippen LogP contribution < -0.4 is 5.32 Å². The minimum atomic E-state index is -0.0120. The lowest BCUT2D eigenvalue weighted by molar-refractivity contribution is 0.192. The first-order valence-electron chi connectivity index (χ1n) is 8.48. The molecule has 0 aliphatic carbocycles. The topological polar surface area (TPSA) is 48.1 Å². The van der Waals surface area contributed by atoms with Crippen molar-refractivity contribution in [1.29, 1.82) is 0 Å². The predicted molar refractivity (Wildman–Crippen MR) is 97.3 cm³/mol. The summed E-state index contributed by atoms with van der Waals surface area (Å²) in [4.78, 5) is 18.0. The number of H-pyrrole nitrogens is 1. The van der Waals surface area contributed by atoms with Gasteiger partial charge in [-0.3, -0.25) is 0 Å². The number of nitrogens with zero attached hydrogens (tertiary/aromatic N) is 1. The number of nitrogens with one attached hydrogen (secondary N) is 2. The van der Waals surface area contributed by atoms with Gasteiger partial charge >= 0.3 is 6.03 Å². The number of anilines is 1. The number of aromatic amines is 1. The van der Waals surface area contributed by atoms with Crippen molar-refractivity contribution in [2.24, 2.45) is 0 Å². The van der Waals surface area contributed by atoms with Gasteiger partial charge in [-0.2, -0.15) is 0 Å². The molecule has 3 aromatic rings. The van der Waals surface area contributed by atoms with Crippen LogP contribution in [-0.4, -0.2) is 29.0 Å². The van der Waals surface area contributed by atoms with Gasteiger partial charge in [-0.05, 0) is 42.5 Å². The molecule has 1 aromatic heterocycles. The number of carbonyl (C=O) groups excluding carboxylic acids is 1. The second kappa shape index (κ2) is 6.40. The molecule has 1 atom stereocenters. The molecule has 122 valence electrons. The first-order chi connectivity index (χ1) is 11.8. The maximum absolute atomic E-state index is 12.5. The Morgan fingerprint density at radius 2 is 1.88 bits per heavy atom.